The summed E-state index contributed by atoms with van der Waals surface area (Å²) in [5, 5.41) is 0. The molecule has 1 aromatic rings. The summed E-state index contributed by atoms with van der Waals surface area (Å²) in [6, 6.07) is 6.56. The molecular weight excluding hydrogens is 325 g/mol. The molecule has 24 heavy (non-hydrogen) atoms. The van der Waals surface area contributed by atoms with E-state index >= 15 is 0 Å². The average molecular weight is 351 g/mol. The Bertz CT molecular complexity index is 685. The zero-order chi connectivity index (χ0) is 18.0. The second kappa shape index (κ2) is 7.29. The Morgan fingerprint density at radius 1 is 1.25 bits per heavy atom. The van der Waals surface area contributed by atoms with E-state index in [9.17, 15) is 8.42 Å². The van der Waals surface area contributed by atoms with Gasteiger partial charge in [-0.25, -0.2) is 13.1 Å². The Labute approximate surface area is 145 Å². The maximum absolute atomic E-state index is 12.5. The molecule has 1 N–H and O–H groups in total. The molecule has 2 rings (SSSR count). The quantitative estimate of drug-likeness (QED) is 0.767. The van der Waals surface area contributed by atoms with Gasteiger partial charge in [-0.15, -0.1) is 0 Å². The van der Waals surface area contributed by atoms with Gasteiger partial charge in [0.15, 0.2) is 0 Å². The van der Waals surface area contributed by atoms with Crippen molar-refractivity contribution < 1.29 is 17.7 Å². The van der Waals surface area contributed by atoms with E-state index < -0.39 is 22.7 Å². The summed E-state index contributed by atoms with van der Waals surface area (Å²) in [4.78, 5) is 0.247. The average Bonchev–Trinajstić information content (AvgIpc) is 2.80. The molecule has 1 atom stereocenters. The Morgan fingerprint density at radius 2 is 1.88 bits per heavy atom. The van der Waals surface area contributed by atoms with Crippen molar-refractivity contribution in [3.63, 3.8) is 0 Å². The fraction of sp³-hybridized carbons (Fsp3) is 0.529. The van der Waals surface area contributed by atoms with Crippen LogP contribution in [0.25, 0.3) is 0 Å². The Kier molecular flexibility index (Phi) is 5.78. The van der Waals surface area contributed by atoms with E-state index in [0.29, 0.717) is 5.76 Å². The predicted octanol–water partition coefficient (Wildman–Crippen LogP) is 2.58. The minimum Gasteiger partial charge on any atom is -0.534 e. The van der Waals surface area contributed by atoms with Crippen LogP contribution in [0.5, 0.6) is 0 Å². The van der Waals surface area contributed by atoms with Crippen LogP contribution in [0.4, 0.5) is 0 Å². The summed E-state index contributed by atoms with van der Waals surface area (Å²) in [6.07, 6.45) is 2.54. The van der Waals surface area contributed by atoms with E-state index in [0.717, 1.165) is 24.7 Å². The van der Waals surface area contributed by atoms with E-state index in [1.54, 1.807) is 24.3 Å². The maximum atomic E-state index is 12.5. The number of hydrogen-bond acceptors (Lipinski definition) is 4. The van der Waals surface area contributed by atoms with Crippen molar-refractivity contribution in [3.8, 4) is 0 Å². The smallest absolute Gasteiger partial charge is 0.534 e. The molecule has 1 aliphatic heterocycles. The molecule has 0 saturated carbocycles. The van der Waals surface area contributed by atoms with E-state index in [2.05, 4.69) is 11.3 Å². The van der Waals surface area contributed by atoms with Gasteiger partial charge in [0.25, 0.3) is 0 Å². The fourth-order valence-corrected chi connectivity index (χ4v) is 3.90. The molecule has 0 spiro atoms. The van der Waals surface area contributed by atoms with Crippen LogP contribution in [0.1, 0.15) is 47.0 Å². The minimum atomic E-state index is -3.52. The molecule has 1 unspecified atom stereocenters. The molecule has 0 bridgehead atoms. The number of sulfonamides is 1. The van der Waals surface area contributed by atoms with E-state index in [1.807, 2.05) is 27.7 Å². The van der Waals surface area contributed by atoms with Crippen LogP contribution >= 0.6 is 0 Å². The van der Waals surface area contributed by atoms with Gasteiger partial charge in [0.2, 0.25) is 10.0 Å². The summed E-state index contributed by atoms with van der Waals surface area (Å²) >= 11 is 0. The van der Waals surface area contributed by atoms with Crippen molar-refractivity contribution in [3.05, 3.63) is 36.6 Å². The van der Waals surface area contributed by atoms with Crippen molar-refractivity contribution in [2.24, 2.45) is 0 Å². The summed E-state index contributed by atoms with van der Waals surface area (Å²) in [5.74, 6) is 0.566. The molecular formula is C17H26BNO4S. The Balaban J connectivity index is 2.13. The first-order chi connectivity index (χ1) is 11.2. The van der Waals surface area contributed by atoms with Crippen LogP contribution in [0, 0.1) is 0 Å². The highest BCUT2D eigenvalue weighted by molar-refractivity contribution is 7.89. The van der Waals surface area contributed by atoms with Gasteiger partial charge in [0.1, 0.15) is 5.60 Å². The highest BCUT2D eigenvalue weighted by Gasteiger charge is 2.42. The van der Waals surface area contributed by atoms with Gasteiger partial charge < -0.3 is 9.31 Å². The fourth-order valence-electron chi connectivity index (χ4n) is 2.55. The first kappa shape index (κ1) is 19.0. The van der Waals surface area contributed by atoms with Gasteiger partial charge in [-0.05, 0) is 44.3 Å². The second-order valence-electron chi connectivity index (χ2n) is 6.59. The van der Waals surface area contributed by atoms with Crippen molar-refractivity contribution in [2.45, 2.75) is 63.5 Å². The molecule has 0 aromatic heterocycles. The molecule has 5 nitrogen and oxygen atoms in total. The molecule has 1 heterocycles. The first-order valence-electron chi connectivity index (χ1n) is 8.35. The zero-order valence-electron chi connectivity index (χ0n) is 14.8. The molecule has 7 heteroatoms. The number of rotatable bonds is 7. The van der Waals surface area contributed by atoms with E-state index in [-0.39, 0.29) is 10.9 Å². The van der Waals surface area contributed by atoms with Crippen molar-refractivity contribution in [1.82, 2.24) is 4.72 Å². The maximum Gasteiger partial charge on any atom is 0.563 e. The van der Waals surface area contributed by atoms with Crippen molar-refractivity contribution >= 4 is 22.6 Å². The summed E-state index contributed by atoms with van der Waals surface area (Å²) in [7, 11) is -4.07. The van der Waals surface area contributed by atoms with Crippen LogP contribution in [-0.4, -0.2) is 27.2 Å². The van der Waals surface area contributed by atoms with Gasteiger partial charge in [-0.3, -0.25) is 0 Å². The summed E-state index contributed by atoms with van der Waals surface area (Å²) in [6.45, 7) is 11.6. The van der Waals surface area contributed by atoms with Crippen LogP contribution < -0.4 is 10.2 Å². The molecule has 0 radical (unpaired) electrons. The monoisotopic (exact) mass is 351 g/mol. The van der Waals surface area contributed by atoms with Gasteiger partial charge in [-0.1, -0.05) is 39.0 Å². The first-order valence-corrected chi connectivity index (χ1v) is 9.84. The van der Waals surface area contributed by atoms with Gasteiger partial charge in [0, 0.05) is 6.04 Å². The number of nitrogens with one attached hydrogen (secondary N) is 1. The molecule has 1 aromatic carbocycles. The largest absolute Gasteiger partial charge is 0.563 e. The SMILES string of the molecule is C=C1OB(c2ccc(S(=O)(=O)NC(CC)CCC)cc2)OC1(C)C. The molecule has 1 aliphatic rings. The van der Waals surface area contributed by atoms with Crippen molar-refractivity contribution in [1.29, 1.82) is 0 Å². The molecule has 0 amide bonds. The topological polar surface area (TPSA) is 64.6 Å². The van der Waals surface area contributed by atoms with Gasteiger partial charge >= 0.3 is 7.12 Å². The molecule has 0 aliphatic carbocycles. The lowest BCUT2D eigenvalue weighted by molar-refractivity contribution is 0.173. The minimum absolute atomic E-state index is 0.0368. The lowest BCUT2D eigenvalue weighted by Gasteiger charge is -2.16. The number of hydrogen-bond donors (Lipinski definition) is 1. The third kappa shape index (κ3) is 4.20. The van der Waals surface area contributed by atoms with E-state index in [1.165, 1.54) is 0 Å². The zero-order valence-corrected chi connectivity index (χ0v) is 15.7. The Morgan fingerprint density at radius 3 is 2.33 bits per heavy atom. The second-order valence-corrected chi connectivity index (χ2v) is 8.30. The molecule has 1 saturated heterocycles. The lowest BCUT2D eigenvalue weighted by atomic mass is 9.79. The van der Waals surface area contributed by atoms with E-state index in [4.69, 9.17) is 9.31 Å². The van der Waals surface area contributed by atoms with Crippen LogP contribution in [0.2, 0.25) is 0 Å². The molecule has 132 valence electrons. The Hall–Kier alpha value is -1.31. The lowest BCUT2D eigenvalue weighted by Crippen LogP contribution is -2.36. The highest BCUT2D eigenvalue weighted by Crippen LogP contribution is 2.29. The number of benzene rings is 1. The van der Waals surface area contributed by atoms with Crippen molar-refractivity contribution in [2.75, 3.05) is 0 Å². The van der Waals surface area contributed by atoms with Crippen LogP contribution in [0.15, 0.2) is 41.5 Å². The normalized spacial score (nSPS) is 18.5. The molecule has 1 fully saturated rings. The van der Waals surface area contributed by atoms with Gasteiger partial charge in [-0.2, -0.15) is 0 Å². The summed E-state index contributed by atoms with van der Waals surface area (Å²) < 4.78 is 39.1. The summed E-state index contributed by atoms with van der Waals surface area (Å²) in [5.41, 5.74) is 0.215. The standard InChI is InChI=1S/C17H26BNO4S/c1-6-8-15(7-2)19-24(20,21)16-11-9-14(10-12-16)18-22-13(3)17(4,5)23-18/h9-12,15,19H,3,6-8H2,1-2,4-5H3. The highest BCUT2D eigenvalue weighted by atomic mass is 32.2. The third-order valence-corrected chi connectivity index (χ3v) is 5.77. The van der Waals surface area contributed by atoms with Gasteiger partial charge in [0.05, 0.1) is 10.7 Å². The van der Waals surface area contributed by atoms with Crippen LogP contribution in [-0.2, 0) is 19.3 Å². The third-order valence-electron chi connectivity index (χ3n) is 4.24. The van der Waals surface area contributed by atoms with Crippen LogP contribution in [0.3, 0.4) is 0 Å². The predicted molar refractivity (Wildman–Crippen MR) is 96.5 cm³/mol.